The summed E-state index contributed by atoms with van der Waals surface area (Å²) in [7, 11) is 0. The minimum absolute atomic E-state index is 0.0515. The number of hydrogen-bond donors (Lipinski definition) is 0. The zero-order valence-electron chi connectivity index (χ0n) is 20.3. The molecule has 6 heteroatoms. The van der Waals surface area contributed by atoms with Gasteiger partial charge in [-0.25, -0.2) is 4.39 Å². The van der Waals surface area contributed by atoms with Crippen LogP contribution < -0.4 is 5.56 Å². The first-order valence-electron chi connectivity index (χ1n) is 13.3. The number of aromatic nitrogens is 1. The summed E-state index contributed by atoms with van der Waals surface area (Å²) >= 11 is 0. The number of amides is 1. The number of allylic oxidation sites excluding steroid dienone is 2. The maximum atomic E-state index is 14.1. The molecule has 2 aliphatic carbocycles. The van der Waals surface area contributed by atoms with Crippen LogP contribution in [0.3, 0.4) is 0 Å². The van der Waals surface area contributed by atoms with Gasteiger partial charge in [-0.3, -0.25) is 9.59 Å². The lowest BCUT2D eigenvalue weighted by Gasteiger charge is -2.34. The molecule has 0 unspecified atom stereocenters. The first kappa shape index (κ1) is 22.7. The lowest BCUT2D eigenvalue weighted by atomic mass is 9.91. The number of hydrogen-bond acceptors (Lipinski definition) is 3. The van der Waals surface area contributed by atoms with Gasteiger partial charge in [-0.05, 0) is 79.9 Å². The Labute approximate surface area is 206 Å². The minimum atomic E-state index is -0.347. The number of piperidine rings is 1. The van der Waals surface area contributed by atoms with Crippen molar-refractivity contribution in [2.45, 2.75) is 51.6 Å². The normalized spacial score (nSPS) is 25.7. The molecule has 3 atom stereocenters. The van der Waals surface area contributed by atoms with Gasteiger partial charge >= 0.3 is 0 Å². The fourth-order valence-electron chi connectivity index (χ4n) is 6.73. The maximum absolute atomic E-state index is 14.1. The van der Waals surface area contributed by atoms with Crippen LogP contribution in [0.1, 0.15) is 43.4 Å². The molecule has 4 aliphatic rings. The molecule has 6 rings (SSSR count). The van der Waals surface area contributed by atoms with Gasteiger partial charge in [0.1, 0.15) is 5.82 Å². The predicted molar refractivity (Wildman–Crippen MR) is 134 cm³/mol. The topological polar surface area (TPSA) is 45.6 Å². The number of pyridine rings is 1. The Morgan fingerprint density at radius 2 is 1.86 bits per heavy atom. The highest BCUT2D eigenvalue weighted by Gasteiger charge is 2.42. The summed E-state index contributed by atoms with van der Waals surface area (Å²) < 4.78 is 16.0. The van der Waals surface area contributed by atoms with Crippen molar-refractivity contribution >= 4 is 5.91 Å². The average Bonchev–Trinajstić information content (AvgIpc) is 3.52. The van der Waals surface area contributed by atoms with Gasteiger partial charge in [-0.2, -0.15) is 0 Å². The van der Waals surface area contributed by atoms with Crippen molar-refractivity contribution < 1.29 is 9.18 Å². The second-order valence-corrected chi connectivity index (χ2v) is 10.8. The third kappa shape index (κ3) is 4.37. The predicted octanol–water partition coefficient (Wildman–Crippen LogP) is 4.24. The Morgan fingerprint density at radius 1 is 1.00 bits per heavy atom. The van der Waals surface area contributed by atoms with E-state index in [1.54, 1.807) is 12.1 Å². The van der Waals surface area contributed by atoms with Crippen LogP contribution in [0.15, 0.2) is 47.3 Å². The molecule has 2 aliphatic heterocycles. The second-order valence-electron chi connectivity index (χ2n) is 10.8. The van der Waals surface area contributed by atoms with Crippen LogP contribution in [-0.4, -0.2) is 46.5 Å². The van der Waals surface area contributed by atoms with Crippen LogP contribution in [0.2, 0.25) is 0 Å². The van der Waals surface area contributed by atoms with E-state index < -0.39 is 0 Å². The molecular formula is C29H34FN3O2. The molecule has 2 bridgehead atoms. The van der Waals surface area contributed by atoms with E-state index >= 15 is 0 Å². The van der Waals surface area contributed by atoms with E-state index in [1.807, 2.05) is 15.5 Å². The zero-order valence-corrected chi connectivity index (χ0v) is 20.3. The van der Waals surface area contributed by atoms with Gasteiger partial charge in [-0.15, -0.1) is 0 Å². The van der Waals surface area contributed by atoms with Gasteiger partial charge in [0.2, 0.25) is 5.91 Å². The monoisotopic (exact) mass is 475 g/mol. The standard InChI is InChI=1S/C29H34FN3O2/c30-24-6-4-5-21(17-24)26-18-23-19-32(28(34)25-16-20-7-8-22(25)15-20)12-9-27(23)33(29(26)35)14-13-31-10-2-1-3-11-31/h4-8,17-18,20,22,25H,1-3,9-16,19H2/t20-,22+,25-/m1/s1. The molecule has 184 valence electrons. The lowest BCUT2D eigenvalue weighted by molar-refractivity contribution is -0.137. The highest BCUT2D eigenvalue weighted by Crippen LogP contribution is 2.44. The molecule has 3 heterocycles. The second kappa shape index (κ2) is 9.38. The van der Waals surface area contributed by atoms with Crippen LogP contribution in [0.25, 0.3) is 11.1 Å². The Balaban J connectivity index is 1.32. The number of fused-ring (bicyclic) bond motifs is 3. The van der Waals surface area contributed by atoms with E-state index in [2.05, 4.69) is 17.1 Å². The van der Waals surface area contributed by atoms with Crippen molar-refractivity contribution in [3.05, 3.63) is 69.9 Å². The molecule has 0 spiro atoms. The number of carbonyl (C=O) groups is 1. The van der Waals surface area contributed by atoms with Gasteiger partial charge in [0.25, 0.3) is 5.56 Å². The Bertz CT molecular complexity index is 1210. The Hall–Kier alpha value is -2.73. The molecule has 5 nitrogen and oxygen atoms in total. The van der Waals surface area contributed by atoms with Crippen molar-refractivity contribution in [2.24, 2.45) is 17.8 Å². The summed E-state index contributed by atoms with van der Waals surface area (Å²) in [5.41, 5.74) is 3.15. The van der Waals surface area contributed by atoms with E-state index in [4.69, 9.17) is 0 Å². The molecule has 1 amide bonds. The van der Waals surface area contributed by atoms with Gasteiger partial charge in [0, 0.05) is 49.8 Å². The summed E-state index contributed by atoms with van der Waals surface area (Å²) in [6, 6.07) is 8.21. The summed E-state index contributed by atoms with van der Waals surface area (Å²) in [4.78, 5) is 31.6. The van der Waals surface area contributed by atoms with Crippen LogP contribution in [0, 0.1) is 23.6 Å². The van der Waals surface area contributed by atoms with E-state index in [0.29, 0.717) is 49.0 Å². The lowest BCUT2D eigenvalue weighted by Crippen LogP contribution is -2.43. The molecule has 0 radical (unpaired) electrons. The summed E-state index contributed by atoms with van der Waals surface area (Å²) in [5.74, 6) is 0.951. The van der Waals surface area contributed by atoms with Gasteiger partial charge in [-0.1, -0.05) is 30.7 Å². The fraction of sp³-hybridized carbons (Fsp3) is 0.517. The average molecular weight is 476 g/mol. The molecule has 2 fully saturated rings. The SMILES string of the molecule is O=C([C@@H]1C[C@@H]2C=C[C@H]1C2)N1CCc2c(cc(-c3cccc(F)c3)c(=O)n2CCN2CCCCC2)C1. The first-order valence-corrected chi connectivity index (χ1v) is 13.3. The number of rotatable bonds is 5. The van der Waals surface area contributed by atoms with Crippen molar-refractivity contribution in [1.29, 1.82) is 0 Å². The number of carbonyl (C=O) groups excluding carboxylic acids is 1. The number of halogens is 1. The van der Waals surface area contributed by atoms with Crippen LogP contribution >= 0.6 is 0 Å². The fourth-order valence-corrected chi connectivity index (χ4v) is 6.73. The van der Waals surface area contributed by atoms with E-state index in [0.717, 1.165) is 43.7 Å². The Kier molecular flexibility index (Phi) is 6.09. The van der Waals surface area contributed by atoms with E-state index in [-0.39, 0.29) is 23.2 Å². The molecule has 2 aromatic rings. The zero-order chi connectivity index (χ0) is 23.9. The van der Waals surface area contributed by atoms with Crippen molar-refractivity contribution in [3.63, 3.8) is 0 Å². The molecule has 1 aromatic carbocycles. The molecule has 1 saturated heterocycles. The smallest absolute Gasteiger partial charge is 0.258 e. The van der Waals surface area contributed by atoms with Crippen molar-refractivity contribution in [3.8, 4) is 11.1 Å². The molecule has 0 N–H and O–H groups in total. The van der Waals surface area contributed by atoms with Crippen LogP contribution in [0.4, 0.5) is 4.39 Å². The van der Waals surface area contributed by atoms with Crippen molar-refractivity contribution in [1.82, 2.24) is 14.4 Å². The quantitative estimate of drug-likeness (QED) is 0.608. The van der Waals surface area contributed by atoms with Crippen LogP contribution in [0.5, 0.6) is 0 Å². The van der Waals surface area contributed by atoms with Crippen LogP contribution in [-0.2, 0) is 24.3 Å². The third-order valence-electron chi connectivity index (χ3n) is 8.60. The number of benzene rings is 1. The largest absolute Gasteiger partial charge is 0.338 e. The highest BCUT2D eigenvalue weighted by atomic mass is 19.1. The molecule has 1 saturated carbocycles. The highest BCUT2D eigenvalue weighted by molar-refractivity contribution is 5.80. The summed E-state index contributed by atoms with van der Waals surface area (Å²) in [5, 5.41) is 0. The minimum Gasteiger partial charge on any atom is -0.338 e. The van der Waals surface area contributed by atoms with E-state index in [9.17, 15) is 14.0 Å². The number of nitrogens with zero attached hydrogens (tertiary/aromatic N) is 3. The molecule has 35 heavy (non-hydrogen) atoms. The first-order chi connectivity index (χ1) is 17.1. The van der Waals surface area contributed by atoms with Crippen molar-refractivity contribution in [2.75, 3.05) is 26.2 Å². The number of likely N-dealkylation sites (tertiary alicyclic amines) is 1. The van der Waals surface area contributed by atoms with Gasteiger partial charge < -0.3 is 14.4 Å². The maximum Gasteiger partial charge on any atom is 0.258 e. The van der Waals surface area contributed by atoms with E-state index in [1.165, 1.54) is 31.4 Å². The van der Waals surface area contributed by atoms with Gasteiger partial charge in [0.05, 0.1) is 0 Å². The summed E-state index contributed by atoms with van der Waals surface area (Å²) in [6.45, 7) is 4.83. The van der Waals surface area contributed by atoms with Gasteiger partial charge in [0.15, 0.2) is 0 Å². The molecular weight excluding hydrogens is 441 g/mol. The Morgan fingerprint density at radius 3 is 2.60 bits per heavy atom. The third-order valence-corrected chi connectivity index (χ3v) is 8.60. The summed E-state index contributed by atoms with van der Waals surface area (Å²) in [6.07, 6.45) is 11.0. The molecule has 1 aromatic heterocycles.